The lowest BCUT2D eigenvalue weighted by atomic mass is 10.1. The first-order valence-electron chi connectivity index (χ1n) is 6.32. The second-order valence-electron chi connectivity index (χ2n) is 4.43. The van der Waals surface area contributed by atoms with Gasteiger partial charge in [0.2, 0.25) is 0 Å². The number of rotatable bonds is 4. The molecule has 106 valence electrons. The maximum Gasteiger partial charge on any atom is 0.251 e. The number of carbonyl (C=O) groups excluding carboxylic acids is 1. The Morgan fingerprint density at radius 2 is 2.00 bits per heavy atom. The molecule has 2 aromatic carbocycles. The summed E-state index contributed by atoms with van der Waals surface area (Å²) in [7, 11) is 0. The van der Waals surface area contributed by atoms with Gasteiger partial charge in [0.15, 0.2) is 0 Å². The minimum absolute atomic E-state index is 0.220. The molecule has 0 saturated heterocycles. The fraction of sp³-hybridized carbons (Fsp3) is 0.125. The molecule has 3 nitrogen and oxygen atoms in total. The van der Waals surface area contributed by atoms with Crippen LogP contribution in [0.2, 0.25) is 0 Å². The molecule has 0 spiro atoms. The van der Waals surface area contributed by atoms with Gasteiger partial charge in [-0.2, -0.15) is 5.26 Å². The lowest BCUT2D eigenvalue weighted by Crippen LogP contribution is -2.25. The summed E-state index contributed by atoms with van der Waals surface area (Å²) in [6, 6.07) is 11.6. The van der Waals surface area contributed by atoms with Gasteiger partial charge in [0.05, 0.1) is 11.6 Å². The molecule has 1 amide bonds. The molecule has 0 atom stereocenters. The van der Waals surface area contributed by atoms with Crippen LogP contribution in [0, 0.1) is 23.0 Å². The molecule has 0 aliphatic rings. The minimum Gasteiger partial charge on any atom is -0.352 e. The van der Waals surface area contributed by atoms with Crippen molar-refractivity contribution in [1.29, 1.82) is 5.26 Å². The number of carbonyl (C=O) groups is 1. The Bertz CT molecular complexity index is 708. The van der Waals surface area contributed by atoms with E-state index in [1.165, 1.54) is 18.2 Å². The summed E-state index contributed by atoms with van der Waals surface area (Å²) in [5.74, 6) is -1.60. The number of halogens is 2. The summed E-state index contributed by atoms with van der Waals surface area (Å²) in [6.07, 6.45) is 0.260. The van der Waals surface area contributed by atoms with Gasteiger partial charge in [-0.05, 0) is 36.2 Å². The molecule has 2 aromatic rings. The molecule has 0 unspecified atom stereocenters. The quantitative estimate of drug-likeness (QED) is 0.939. The Morgan fingerprint density at radius 3 is 2.71 bits per heavy atom. The Balaban J connectivity index is 1.94. The highest BCUT2D eigenvalue weighted by Crippen LogP contribution is 2.10. The van der Waals surface area contributed by atoms with E-state index >= 15 is 0 Å². The predicted octanol–water partition coefficient (Wildman–Crippen LogP) is 2.81. The van der Waals surface area contributed by atoms with Gasteiger partial charge in [0, 0.05) is 18.2 Å². The third kappa shape index (κ3) is 3.86. The number of amides is 1. The molecule has 21 heavy (non-hydrogen) atoms. The average molecular weight is 286 g/mol. The summed E-state index contributed by atoms with van der Waals surface area (Å²) in [5, 5.41) is 11.4. The van der Waals surface area contributed by atoms with Crippen molar-refractivity contribution in [1.82, 2.24) is 5.32 Å². The van der Waals surface area contributed by atoms with Crippen molar-refractivity contribution in [2.24, 2.45) is 0 Å². The Kier molecular flexibility index (Phi) is 4.62. The number of hydrogen-bond acceptors (Lipinski definition) is 2. The first kappa shape index (κ1) is 14.7. The van der Waals surface area contributed by atoms with Gasteiger partial charge in [0.25, 0.3) is 5.91 Å². The normalized spacial score (nSPS) is 9.95. The van der Waals surface area contributed by atoms with E-state index in [0.717, 1.165) is 6.07 Å². The smallest absolute Gasteiger partial charge is 0.251 e. The van der Waals surface area contributed by atoms with Crippen LogP contribution in [-0.2, 0) is 6.42 Å². The maximum absolute atomic E-state index is 13.4. The highest BCUT2D eigenvalue weighted by Gasteiger charge is 2.07. The van der Waals surface area contributed by atoms with Crippen molar-refractivity contribution < 1.29 is 13.6 Å². The molecule has 1 N–H and O–H groups in total. The van der Waals surface area contributed by atoms with Crippen LogP contribution in [0.1, 0.15) is 21.5 Å². The fourth-order valence-electron chi connectivity index (χ4n) is 1.87. The SMILES string of the molecule is N#Cc1cccc(C(=O)NCCc2ccc(F)cc2F)c1. The van der Waals surface area contributed by atoms with E-state index in [4.69, 9.17) is 5.26 Å². The number of nitrogens with zero attached hydrogens (tertiary/aromatic N) is 1. The number of nitrogens with one attached hydrogen (secondary N) is 1. The van der Waals surface area contributed by atoms with Gasteiger partial charge in [-0.1, -0.05) is 12.1 Å². The maximum atomic E-state index is 13.4. The first-order chi connectivity index (χ1) is 10.1. The zero-order valence-corrected chi connectivity index (χ0v) is 11.1. The molecule has 0 heterocycles. The van der Waals surface area contributed by atoms with Crippen LogP contribution >= 0.6 is 0 Å². The molecule has 0 aliphatic carbocycles. The van der Waals surface area contributed by atoms with Crippen molar-refractivity contribution >= 4 is 5.91 Å². The van der Waals surface area contributed by atoms with E-state index in [2.05, 4.69) is 5.32 Å². The number of hydrogen-bond donors (Lipinski definition) is 1. The zero-order valence-electron chi connectivity index (χ0n) is 11.1. The van der Waals surface area contributed by atoms with Crippen LogP contribution in [0.3, 0.4) is 0 Å². The van der Waals surface area contributed by atoms with Crippen LogP contribution in [0.15, 0.2) is 42.5 Å². The van der Waals surface area contributed by atoms with E-state index in [0.29, 0.717) is 16.7 Å². The molecule has 0 aromatic heterocycles. The van der Waals surface area contributed by atoms with Crippen LogP contribution in [0.25, 0.3) is 0 Å². The zero-order chi connectivity index (χ0) is 15.2. The Morgan fingerprint density at radius 1 is 1.19 bits per heavy atom. The molecule has 2 rings (SSSR count). The summed E-state index contributed by atoms with van der Waals surface area (Å²) in [5.41, 5.74) is 1.10. The second-order valence-corrected chi connectivity index (χ2v) is 4.43. The Hall–Kier alpha value is -2.74. The average Bonchev–Trinajstić information content (AvgIpc) is 2.49. The van der Waals surface area contributed by atoms with E-state index in [1.807, 2.05) is 6.07 Å². The van der Waals surface area contributed by atoms with Crippen molar-refractivity contribution in [3.05, 3.63) is 70.8 Å². The fourth-order valence-corrected chi connectivity index (χ4v) is 1.87. The summed E-state index contributed by atoms with van der Waals surface area (Å²) in [4.78, 5) is 11.9. The summed E-state index contributed by atoms with van der Waals surface area (Å²) < 4.78 is 26.2. The predicted molar refractivity (Wildman–Crippen MR) is 73.6 cm³/mol. The molecule has 0 radical (unpaired) electrons. The molecule has 5 heteroatoms. The standard InChI is InChI=1S/C16H12F2N2O/c17-14-5-4-12(15(18)9-14)6-7-20-16(21)13-3-1-2-11(8-13)10-19/h1-5,8-9H,6-7H2,(H,20,21). The Labute approximate surface area is 120 Å². The van der Waals surface area contributed by atoms with Crippen LogP contribution in [0.4, 0.5) is 8.78 Å². The minimum atomic E-state index is -0.631. The van der Waals surface area contributed by atoms with Gasteiger partial charge >= 0.3 is 0 Å². The number of benzene rings is 2. The molecule has 0 bridgehead atoms. The van der Waals surface area contributed by atoms with Gasteiger partial charge < -0.3 is 5.32 Å². The largest absolute Gasteiger partial charge is 0.352 e. The summed E-state index contributed by atoms with van der Waals surface area (Å²) in [6.45, 7) is 0.220. The van der Waals surface area contributed by atoms with Crippen molar-refractivity contribution in [3.63, 3.8) is 0 Å². The van der Waals surface area contributed by atoms with E-state index in [1.54, 1.807) is 18.2 Å². The van der Waals surface area contributed by atoms with Crippen LogP contribution < -0.4 is 5.32 Å². The van der Waals surface area contributed by atoms with Crippen LogP contribution in [0.5, 0.6) is 0 Å². The lowest BCUT2D eigenvalue weighted by Gasteiger charge is -2.06. The molecule has 0 fully saturated rings. The van der Waals surface area contributed by atoms with E-state index in [9.17, 15) is 13.6 Å². The van der Waals surface area contributed by atoms with Crippen LogP contribution in [-0.4, -0.2) is 12.5 Å². The van der Waals surface area contributed by atoms with Crippen molar-refractivity contribution in [2.75, 3.05) is 6.54 Å². The highest BCUT2D eigenvalue weighted by atomic mass is 19.1. The number of nitriles is 1. The highest BCUT2D eigenvalue weighted by molar-refractivity contribution is 5.94. The molecule has 0 saturated carbocycles. The first-order valence-corrected chi connectivity index (χ1v) is 6.32. The van der Waals surface area contributed by atoms with Crippen molar-refractivity contribution in [2.45, 2.75) is 6.42 Å². The third-order valence-corrected chi connectivity index (χ3v) is 2.95. The van der Waals surface area contributed by atoms with E-state index < -0.39 is 11.6 Å². The third-order valence-electron chi connectivity index (χ3n) is 2.95. The molecule has 0 aliphatic heterocycles. The second kappa shape index (κ2) is 6.62. The van der Waals surface area contributed by atoms with Gasteiger partial charge in [0.1, 0.15) is 11.6 Å². The monoisotopic (exact) mass is 286 g/mol. The molecular formula is C16H12F2N2O. The van der Waals surface area contributed by atoms with Gasteiger partial charge in [-0.15, -0.1) is 0 Å². The van der Waals surface area contributed by atoms with Gasteiger partial charge in [-0.25, -0.2) is 8.78 Å². The molecular weight excluding hydrogens is 274 g/mol. The lowest BCUT2D eigenvalue weighted by molar-refractivity contribution is 0.0954. The van der Waals surface area contributed by atoms with E-state index in [-0.39, 0.29) is 18.9 Å². The van der Waals surface area contributed by atoms with Gasteiger partial charge in [-0.3, -0.25) is 4.79 Å². The topological polar surface area (TPSA) is 52.9 Å². The summed E-state index contributed by atoms with van der Waals surface area (Å²) >= 11 is 0. The van der Waals surface area contributed by atoms with Crippen molar-refractivity contribution in [3.8, 4) is 6.07 Å².